The maximum Gasteiger partial charge on any atom is 0.250 e. The van der Waals surface area contributed by atoms with E-state index in [9.17, 15) is 4.79 Å². The van der Waals surface area contributed by atoms with Crippen molar-refractivity contribution in [2.75, 3.05) is 7.05 Å². The number of hydrogen-bond acceptors (Lipinski definition) is 3. The van der Waals surface area contributed by atoms with E-state index >= 15 is 0 Å². The summed E-state index contributed by atoms with van der Waals surface area (Å²) in [6.07, 6.45) is 3.70. The molecule has 0 spiro atoms. The smallest absolute Gasteiger partial charge is 0.250 e. The van der Waals surface area contributed by atoms with E-state index in [-0.39, 0.29) is 11.9 Å². The van der Waals surface area contributed by atoms with Crippen molar-refractivity contribution in [2.45, 2.75) is 38.3 Å². The summed E-state index contributed by atoms with van der Waals surface area (Å²) in [6, 6.07) is 0.470. The van der Waals surface area contributed by atoms with Crippen LogP contribution in [0, 0.1) is 0 Å². The van der Waals surface area contributed by atoms with Crippen LogP contribution in [0.2, 0.25) is 0 Å². The van der Waals surface area contributed by atoms with Crippen LogP contribution in [-0.4, -0.2) is 29.9 Å². The molecule has 0 bridgehead atoms. The van der Waals surface area contributed by atoms with Gasteiger partial charge in [0.05, 0.1) is 6.04 Å². The third-order valence-corrected chi connectivity index (χ3v) is 2.78. The highest BCUT2D eigenvalue weighted by atomic mass is 16.2. The molecule has 1 aliphatic rings. The number of nitrogens with zero attached hydrogens (tertiary/aromatic N) is 1. The number of hydrazine groups is 1. The highest BCUT2D eigenvalue weighted by molar-refractivity contribution is 5.80. The van der Waals surface area contributed by atoms with Gasteiger partial charge in [-0.1, -0.05) is 6.42 Å². The van der Waals surface area contributed by atoms with Gasteiger partial charge in [0.1, 0.15) is 0 Å². The first-order valence-electron chi connectivity index (χ1n) is 4.39. The minimum atomic E-state index is -0.111. The summed E-state index contributed by atoms with van der Waals surface area (Å²) in [5, 5.41) is 0. The van der Waals surface area contributed by atoms with Gasteiger partial charge in [-0.05, 0) is 26.8 Å². The Hall–Kier alpha value is -0.610. The summed E-state index contributed by atoms with van der Waals surface area (Å²) in [7, 11) is 1.98. The second-order valence-electron chi connectivity index (χ2n) is 3.43. The number of amides is 1. The summed E-state index contributed by atoms with van der Waals surface area (Å²) >= 11 is 0. The van der Waals surface area contributed by atoms with Crippen molar-refractivity contribution in [3.8, 4) is 0 Å². The molecule has 1 saturated carbocycles. The van der Waals surface area contributed by atoms with Gasteiger partial charge in [-0.25, -0.2) is 5.84 Å². The van der Waals surface area contributed by atoms with Crippen LogP contribution in [0.25, 0.3) is 0 Å². The fourth-order valence-corrected chi connectivity index (χ4v) is 1.42. The molecule has 70 valence electrons. The maximum atomic E-state index is 11.1. The third kappa shape index (κ3) is 1.76. The zero-order valence-electron chi connectivity index (χ0n) is 7.71. The van der Waals surface area contributed by atoms with Crippen molar-refractivity contribution >= 4 is 5.91 Å². The molecule has 4 heteroatoms. The first kappa shape index (κ1) is 9.48. The van der Waals surface area contributed by atoms with Gasteiger partial charge in [0.15, 0.2) is 0 Å². The highest BCUT2D eigenvalue weighted by Crippen LogP contribution is 2.24. The summed E-state index contributed by atoms with van der Waals surface area (Å²) < 4.78 is 0. The molecule has 0 aromatic heterocycles. The summed E-state index contributed by atoms with van der Waals surface area (Å²) in [5.41, 5.74) is 2.17. The number of likely N-dealkylation sites (N-methyl/N-ethyl adjacent to an activating group) is 1. The van der Waals surface area contributed by atoms with E-state index in [0.717, 1.165) is 0 Å². The number of carbonyl (C=O) groups excluding carboxylic acids is 1. The van der Waals surface area contributed by atoms with E-state index in [1.54, 1.807) is 0 Å². The van der Waals surface area contributed by atoms with Gasteiger partial charge >= 0.3 is 0 Å². The normalized spacial score (nSPS) is 20.3. The largest absolute Gasteiger partial charge is 0.293 e. The van der Waals surface area contributed by atoms with Gasteiger partial charge in [-0.2, -0.15) is 0 Å². The predicted octanol–water partition coefficient (Wildman–Crippen LogP) is -0.151. The van der Waals surface area contributed by atoms with E-state index < -0.39 is 0 Å². The molecule has 12 heavy (non-hydrogen) atoms. The fourth-order valence-electron chi connectivity index (χ4n) is 1.42. The Morgan fingerprint density at radius 3 is 2.58 bits per heavy atom. The lowest BCUT2D eigenvalue weighted by atomic mass is 9.91. The van der Waals surface area contributed by atoms with Crippen molar-refractivity contribution in [3.63, 3.8) is 0 Å². The van der Waals surface area contributed by atoms with Crippen molar-refractivity contribution < 1.29 is 4.79 Å². The summed E-state index contributed by atoms with van der Waals surface area (Å²) in [5.74, 6) is 4.94. The van der Waals surface area contributed by atoms with Gasteiger partial charge < -0.3 is 0 Å². The van der Waals surface area contributed by atoms with Crippen LogP contribution < -0.4 is 11.3 Å². The maximum absolute atomic E-state index is 11.1. The average Bonchev–Trinajstić information content (AvgIpc) is 1.98. The minimum absolute atomic E-state index is 0.107. The van der Waals surface area contributed by atoms with Crippen molar-refractivity contribution in [2.24, 2.45) is 5.84 Å². The molecule has 0 aromatic rings. The molecule has 1 atom stereocenters. The van der Waals surface area contributed by atoms with Crippen molar-refractivity contribution in [1.82, 2.24) is 10.3 Å². The third-order valence-electron chi connectivity index (χ3n) is 2.78. The quantitative estimate of drug-likeness (QED) is 0.353. The van der Waals surface area contributed by atoms with Crippen LogP contribution in [0.5, 0.6) is 0 Å². The van der Waals surface area contributed by atoms with Gasteiger partial charge in [-0.15, -0.1) is 0 Å². The van der Waals surface area contributed by atoms with E-state index in [2.05, 4.69) is 10.3 Å². The predicted molar refractivity (Wildman–Crippen MR) is 47.2 cm³/mol. The Labute approximate surface area is 73.1 Å². The molecule has 0 saturated heterocycles. The van der Waals surface area contributed by atoms with E-state index in [1.807, 2.05) is 14.0 Å². The molecule has 1 amide bonds. The Bertz CT molecular complexity index is 168. The Morgan fingerprint density at radius 1 is 1.67 bits per heavy atom. The van der Waals surface area contributed by atoms with Crippen LogP contribution in [0.4, 0.5) is 0 Å². The molecule has 0 aliphatic heterocycles. The lowest BCUT2D eigenvalue weighted by molar-refractivity contribution is -0.126. The van der Waals surface area contributed by atoms with Crippen LogP contribution in [0.1, 0.15) is 26.2 Å². The molecule has 1 aliphatic carbocycles. The van der Waals surface area contributed by atoms with Gasteiger partial charge in [-0.3, -0.25) is 15.1 Å². The van der Waals surface area contributed by atoms with Gasteiger partial charge in [0.2, 0.25) is 0 Å². The van der Waals surface area contributed by atoms with Crippen molar-refractivity contribution in [3.05, 3.63) is 0 Å². The summed E-state index contributed by atoms with van der Waals surface area (Å²) in [4.78, 5) is 13.2. The molecule has 3 N–H and O–H groups in total. The minimum Gasteiger partial charge on any atom is -0.293 e. The first-order valence-corrected chi connectivity index (χ1v) is 4.39. The zero-order chi connectivity index (χ0) is 9.14. The van der Waals surface area contributed by atoms with Gasteiger partial charge in [0.25, 0.3) is 5.91 Å². The molecule has 1 unspecified atom stereocenters. The first-order chi connectivity index (χ1) is 5.66. The van der Waals surface area contributed by atoms with E-state index in [0.29, 0.717) is 6.04 Å². The topological polar surface area (TPSA) is 58.4 Å². The van der Waals surface area contributed by atoms with Crippen molar-refractivity contribution in [1.29, 1.82) is 0 Å². The number of rotatable bonds is 3. The monoisotopic (exact) mass is 171 g/mol. The SMILES string of the molecule is CC(C(=O)NN)N(C)C1CCC1. The molecule has 0 radical (unpaired) electrons. The molecular formula is C8H17N3O. The van der Waals surface area contributed by atoms with Gasteiger partial charge in [0, 0.05) is 6.04 Å². The highest BCUT2D eigenvalue weighted by Gasteiger charge is 2.28. The number of carbonyl (C=O) groups is 1. The van der Waals surface area contributed by atoms with E-state index in [4.69, 9.17) is 5.84 Å². The average molecular weight is 171 g/mol. The molecule has 0 heterocycles. The molecule has 4 nitrogen and oxygen atoms in total. The molecule has 1 rings (SSSR count). The Kier molecular flexibility index (Phi) is 3.05. The number of hydrogen-bond donors (Lipinski definition) is 2. The Balaban J connectivity index is 2.39. The standard InChI is InChI=1S/C8H17N3O/c1-6(8(12)10-9)11(2)7-4-3-5-7/h6-7H,3-5,9H2,1-2H3,(H,10,12). The second-order valence-corrected chi connectivity index (χ2v) is 3.43. The molecular weight excluding hydrogens is 154 g/mol. The van der Waals surface area contributed by atoms with Crippen LogP contribution in [-0.2, 0) is 4.79 Å². The number of nitrogens with one attached hydrogen (secondary N) is 1. The fraction of sp³-hybridized carbons (Fsp3) is 0.875. The molecule has 0 aromatic carbocycles. The van der Waals surface area contributed by atoms with Crippen LogP contribution in [0.3, 0.4) is 0 Å². The van der Waals surface area contributed by atoms with E-state index in [1.165, 1.54) is 19.3 Å². The summed E-state index contributed by atoms with van der Waals surface area (Å²) in [6.45, 7) is 1.88. The number of nitrogens with two attached hydrogens (primary N) is 1. The Morgan fingerprint density at radius 2 is 2.25 bits per heavy atom. The second kappa shape index (κ2) is 3.87. The van der Waals surface area contributed by atoms with Crippen LogP contribution >= 0.6 is 0 Å². The zero-order valence-corrected chi connectivity index (χ0v) is 7.71. The van der Waals surface area contributed by atoms with Crippen LogP contribution in [0.15, 0.2) is 0 Å². The lowest BCUT2D eigenvalue weighted by Crippen LogP contribution is -2.51. The lowest BCUT2D eigenvalue weighted by Gasteiger charge is -2.37. The molecule has 1 fully saturated rings.